The molecule has 1 amide bonds. The lowest BCUT2D eigenvalue weighted by atomic mass is 9.93. The van der Waals surface area contributed by atoms with Gasteiger partial charge in [0.05, 0.1) is 10.7 Å². The van der Waals surface area contributed by atoms with Gasteiger partial charge in [0.15, 0.2) is 0 Å². The number of piperidine rings is 1. The van der Waals surface area contributed by atoms with Crippen LogP contribution in [0.25, 0.3) is 0 Å². The Morgan fingerprint density at radius 1 is 1.31 bits per heavy atom. The summed E-state index contributed by atoms with van der Waals surface area (Å²) in [4.78, 5) is 22.8. The van der Waals surface area contributed by atoms with Crippen molar-refractivity contribution in [2.75, 3.05) is 26.7 Å². The summed E-state index contributed by atoms with van der Waals surface area (Å²) in [6.07, 6.45) is 5.57. The van der Waals surface area contributed by atoms with Crippen LogP contribution < -0.4 is 0 Å². The lowest BCUT2D eigenvalue weighted by Gasteiger charge is -2.37. The van der Waals surface area contributed by atoms with Gasteiger partial charge in [-0.15, -0.1) is 11.3 Å². The fourth-order valence-electron chi connectivity index (χ4n) is 4.10. The van der Waals surface area contributed by atoms with E-state index in [0.29, 0.717) is 12.0 Å². The highest BCUT2D eigenvalue weighted by Gasteiger charge is 2.31. The Morgan fingerprint density at radius 2 is 2.00 bits per heavy atom. The van der Waals surface area contributed by atoms with Crippen molar-refractivity contribution >= 4 is 17.4 Å². The molecule has 0 saturated carbocycles. The van der Waals surface area contributed by atoms with E-state index in [-0.39, 0.29) is 6.09 Å². The molecule has 1 aromatic rings. The number of hydrogen-bond donors (Lipinski definition) is 0. The molecule has 1 aliphatic carbocycles. The van der Waals surface area contributed by atoms with Crippen LogP contribution in [0.3, 0.4) is 0 Å². The first-order valence-corrected chi connectivity index (χ1v) is 10.7. The molecule has 1 fully saturated rings. The van der Waals surface area contributed by atoms with E-state index in [9.17, 15) is 4.79 Å². The molecule has 0 radical (unpaired) electrons. The van der Waals surface area contributed by atoms with Crippen LogP contribution in [0.1, 0.15) is 68.1 Å². The number of carbonyl (C=O) groups excluding carboxylic acids is 1. The van der Waals surface area contributed by atoms with E-state index in [2.05, 4.69) is 18.9 Å². The first kappa shape index (κ1) is 19.6. The van der Waals surface area contributed by atoms with Crippen LogP contribution in [0, 0.1) is 12.8 Å². The van der Waals surface area contributed by atoms with Crippen molar-refractivity contribution in [3.8, 4) is 0 Å². The molecule has 1 aliphatic heterocycles. The molecule has 0 N–H and O–H groups in total. The molecule has 2 aliphatic rings. The van der Waals surface area contributed by atoms with Gasteiger partial charge in [-0.05, 0) is 72.8 Å². The van der Waals surface area contributed by atoms with Crippen molar-refractivity contribution in [3.63, 3.8) is 0 Å². The van der Waals surface area contributed by atoms with Gasteiger partial charge >= 0.3 is 6.09 Å². The van der Waals surface area contributed by atoms with Crippen LogP contribution in [0.2, 0.25) is 0 Å². The third-order valence-electron chi connectivity index (χ3n) is 5.37. The number of carbonyl (C=O) groups is 1. The molecular weight excluding hydrogens is 346 g/mol. The fourth-order valence-corrected chi connectivity index (χ4v) is 5.27. The van der Waals surface area contributed by atoms with Crippen LogP contribution in [0.15, 0.2) is 0 Å². The lowest BCUT2D eigenvalue weighted by Crippen LogP contribution is -2.43. The van der Waals surface area contributed by atoms with Crippen molar-refractivity contribution in [3.05, 3.63) is 15.6 Å². The normalized spacial score (nSPS) is 21.8. The number of amides is 1. The van der Waals surface area contributed by atoms with Gasteiger partial charge in [0.2, 0.25) is 0 Å². The maximum absolute atomic E-state index is 12.2. The molecule has 0 spiro atoms. The number of likely N-dealkylation sites (tertiary alicyclic amines) is 1. The van der Waals surface area contributed by atoms with E-state index in [1.165, 1.54) is 28.4 Å². The fraction of sp³-hybridized carbons (Fsp3) is 0.800. The Labute approximate surface area is 161 Å². The molecule has 5 nitrogen and oxygen atoms in total. The van der Waals surface area contributed by atoms with Gasteiger partial charge in [-0.3, -0.25) is 4.90 Å². The zero-order valence-corrected chi connectivity index (χ0v) is 17.7. The molecule has 1 aromatic heterocycles. The summed E-state index contributed by atoms with van der Waals surface area (Å²) in [6, 6.07) is 0.522. The largest absolute Gasteiger partial charge is 0.444 e. The van der Waals surface area contributed by atoms with Crippen molar-refractivity contribution in [1.82, 2.24) is 14.8 Å². The van der Waals surface area contributed by atoms with Gasteiger partial charge in [0, 0.05) is 30.6 Å². The molecule has 1 saturated heterocycles. The molecular formula is C20H33N3O2S. The molecule has 6 heteroatoms. The number of thiazole rings is 1. The Balaban J connectivity index is 1.51. The maximum atomic E-state index is 12.2. The van der Waals surface area contributed by atoms with E-state index >= 15 is 0 Å². The van der Waals surface area contributed by atoms with Gasteiger partial charge in [-0.2, -0.15) is 0 Å². The van der Waals surface area contributed by atoms with E-state index in [4.69, 9.17) is 9.72 Å². The van der Waals surface area contributed by atoms with E-state index < -0.39 is 5.60 Å². The quantitative estimate of drug-likeness (QED) is 0.780. The van der Waals surface area contributed by atoms with E-state index in [0.717, 1.165) is 38.9 Å². The van der Waals surface area contributed by atoms with Crippen molar-refractivity contribution in [2.24, 2.45) is 5.92 Å². The molecule has 0 bridgehead atoms. The Morgan fingerprint density at radius 3 is 2.65 bits per heavy atom. The predicted octanol–water partition coefficient (Wildman–Crippen LogP) is 4.41. The highest BCUT2D eigenvalue weighted by Crippen LogP contribution is 2.38. The molecule has 146 valence electrons. The lowest BCUT2D eigenvalue weighted by molar-refractivity contribution is 0.0166. The number of hydrogen-bond acceptors (Lipinski definition) is 5. The average molecular weight is 380 g/mol. The number of aryl methyl sites for hydroxylation is 2. The van der Waals surface area contributed by atoms with E-state index in [1.807, 2.05) is 37.0 Å². The Kier molecular flexibility index (Phi) is 5.92. The second-order valence-electron chi connectivity index (χ2n) is 8.80. The minimum Gasteiger partial charge on any atom is -0.444 e. The Hall–Kier alpha value is -1.14. The van der Waals surface area contributed by atoms with Gasteiger partial charge in [0.1, 0.15) is 5.60 Å². The first-order chi connectivity index (χ1) is 12.2. The van der Waals surface area contributed by atoms with Crippen molar-refractivity contribution in [2.45, 2.75) is 71.4 Å². The monoisotopic (exact) mass is 379 g/mol. The van der Waals surface area contributed by atoms with Crippen LogP contribution >= 0.6 is 11.3 Å². The number of aromatic nitrogens is 1. The minimum atomic E-state index is -0.417. The summed E-state index contributed by atoms with van der Waals surface area (Å²) in [7, 11) is 2.26. The molecule has 1 atom stereocenters. The standard InChI is InChI=1S/C20H33N3O2S/c1-14-21-16-7-6-8-17(18(16)26-14)22(5)13-15-9-11-23(12-10-15)19(24)25-20(2,3)4/h15,17H,6-13H2,1-5H3/t17-/m0/s1. The number of nitrogens with zero attached hydrogens (tertiary/aromatic N) is 3. The zero-order chi connectivity index (χ0) is 18.9. The highest BCUT2D eigenvalue weighted by molar-refractivity contribution is 7.11. The van der Waals surface area contributed by atoms with Crippen LogP contribution in [-0.4, -0.2) is 53.2 Å². The van der Waals surface area contributed by atoms with Gasteiger partial charge in [-0.1, -0.05) is 0 Å². The third kappa shape index (κ3) is 4.77. The number of fused-ring (bicyclic) bond motifs is 1. The van der Waals surface area contributed by atoms with Gasteiger partial charge in [-0.25, -0.2) is 9.78 Å². The average Bonchev–Trinajstić information content (AvgIpc) is 2.93. The molecule has 3 rings (SSSR count). The van der Waals surface area contributed by atoms with Gasteiger partial charge < -0.3 is 9.64 Å². The SMILES string of the molecule is Cc1nc2c(s1)[C@@H](N(C)CC1CCN(C(=O)OC(C)(C)C)CC1)CCC2. The zero-order valence-electron chi connectivity index (χ0n) is 16.9. The number of ether oxygens (including phenoxy) is 1. The van der Waals surface area contributed by atoms with Crippen LogP contribution in [0.5, 0.6) is 0 Å². The summed E-state index contributed by atoms with van der Waals surface area (Å²) >= 11 is 1.88. The first-order valence-electron chi connectivity index (χ1n) is 9.87. The molecule has 0 unspecified atom stereocenters. The van der Waals surface area contributed by atoms with Crippen molar-refractivity contribution in [1.29, 1.82) is 0 Å². The summed E-state index contributed by atoms with van der Waals surface area (Å²) in [6.45, 7) is 10.6. The van der Waals surface area contributed by atoms with Crippen LogP contribution in [0.4, 0.5) is 4.79 Å². The molecule has 2 heterocycles. The summed E-state index contributed by atoms with van der Waals surface area (Å²) in [5, 5.41) is 1.20. The third-order valence-corrected chi connectivity index (χ3v) is 6.49. The predicted molar refractivity (Wildman–Crippen MR) is 106 cm³/mol. The second-order valence-corrected chi connectivity index (χ2v) is 10.0. The molecule has 26 heavy (non-hydrogen) atoms. The van der Waals surface area contributed by atoms with Crippen molar-refractivity contribution < 1.29 is 9.53 Å². The smallest absolute Gasteiger partial charge is 0.410 e. The maximum Gasteiger partial charge on any atom is 0.410 e. The second kappa shape index (κ2) is 7.85. The summed E-state index contributed by atoms with van der Waals surface area (Å²) < 4.78 is 5.50. The molecule has 0 aromatic carbocycles. The highest BCUT2D eigenvalue weighted by atomic mass is 32.1. The summed E-state index contributed by atoms with van der Waals surface area (Å²) in [5.74, 6) is 0.651. The van der Waals surface area contributed by atoms with E-state index in [1.54, 1.807) is 0 Å². The topological polar surface area (TPSA) is 45.7 Å². The Bertz CT molecular complexity index is 629. The number of rotatable bonds is 3. The van der Waals surface area contributed by atoms with Crippen LogP contribution in [-0.2, 0) is 11.2 Å². The summed E-state index contributed by atoms with van der Waals surface area (Å²) in [5.41, 5.74) is 0.912. The minimum absolute atomic E-state index is 0.165. The van der Waals surface area contributed by atoms with Gasteiger partial charge in [0.25, 0.3) is 0 Å².